The first-order chi connectivity index (χ1) is 7.68. The highest BCUT2D eigenvalue weighted by Gasteiger charge is 2.38. The number of hydrogen-bond acceptors (Lipinski definition) is 2. The first-order valence-electron chi connectivity index (χ1n) is 5.78. The summed E-state index contributed by atoms with van der Waals surface area (Å²) in [5.41, 5.74) is 2.57. The van der Waals surface area contributed by atoms with Gasteiger partial charge in [-0.05, 0) is 37.7 Å². The molecule has 0 aromatic heterocycles. The largest absolute Gasteiger partial charge is 0.295 e. The second-order valence-corrected chi connectivity index (χ2v) is 5.57. The Labute approximate surface area is 102 Å². The normalized spacial score (nSPS) is 17.9. The second kappa shape index (κ2) is 4.62. The highest BCUT2D eigenvalue weighted by Crippen LogP contribution is 2.45. The van der Waals surface area contributed by atoms with E-state index in [0.29, 0.717) is 5.41 Å². The summed E-state index contributed by atoms with van der Waals surface area (Å²) in [4.78, 5) is 11.4. The van der Waals surface area contributed by atoms with Crippen molar-refractivity contribution in [3.63, 3.8) is 0 Å². The lowest BCUT2D eigenvalue weighted by molar-refractivity contribution is 0.101. The zero-order chi connectivity index (χ0) is 11.6. The number of carbonyl (C=O) groups excluding carboxylic acids is 1. The smallest absolute Gasteiger partial charge is 0.159 e. The van der Waals surface area contributed by atoms with Crippen molar-refractivity contribution in [1.29, 1.82) is 0 Å². The molecule has 0 unspecified atom stereocenters. The number of Topliss-reactive ketones (excluding diaryl/α,β-unsaturated/α-hetero) is 1. The Morgan fingerprint density at radius 2 is 2.19 bits per heavy atom. The third-order valence-electron chi connectivity index (χ3n) is 3.61. The van der Waals surface area contributed by atoms with Crippen LogP contribution in [-0.2, 0) is 5.41 Å². The van der Waals surface area contributed by atoms with E-state index in [0.717, 1.165) is 5.56 Å². The van der Waals surface area contributed by atoms with Crippen molar-refractivity contribution < 1.29 is 4.79 Å². The third kappa shape index (κ3) is 2.03. The van der Waals surface area contributed by atoms with Crippen molar-refractivity contribution in [3.8, 4) is 0 Å². The van der Waals surface area contributed by atoms with Gasteiger partial charge < -0.3 is 0 Å². The maximum Gasteiger partial charge on any atom is 0.159 e. The van der Waals surface area contributed by atoms with Gasteiger partial charge in [0.2, 0.25) is 0 Å². The molecule has 86 valence electrons. The highest BCUT2D eigenvalue weighted by molar-refractivity contribution is 7.98. The number of carbonyl (C=O) groups is 1. The number of rotatable bonds is 4. The fourth-order valence-electron chi connectivity index (χ4n) is 2.46. The van der Waals surface area contributed by atoms with Gasteiger partial charge in [0.25, 0.3) is 0 Å². The van der Waals surface area contributed by atoms with Crippen molar-refractivity contribution in [3.05, 3.63) is 35.4 Å². The predicted octanol–water partition coefficient (Wildman–Crippen LogP) is 3.67. The minimum absolute atomic E-state index is 0.167. The molecule has 0 radical (unpaired) electrons. The van der Waals surface area contributed by atoms with Crippen LogP contribution in [0.2, 0.25) is 0 Å². The number of thioether (sulfide) groups is 1. The van der Waals surface area contributed by atoms with E-state index in [1.807, 2.05) is 23.9 Å². The lowest BCUT2D eigenvalue weighted by Gasteiger charge is -2.42. The molecule has 0 spiro atoms. The van der Waals surface area contributed by atoms with Gasteiger partial charge in [-0.15, -0.1) is 0 Å². The van der Waals surface area contributed by atoms with Gasteiger partial charge in [0, 0.05) is 16.7 Å². The minimum atomic E-state index is 0.167. The first-order valence-corrected chi connectivity index (χ1v) is 7.18. The SMILES string of the molecule is CSCC1(c2cccc(C(C)=O)c2)CCC1. The van der Waals surface area contributed by atoms with Gasteiger partial charge in [0.1, 0.15) is 0 Å². The highest BCUT2D eigenvalue weighted by atomic mass is 32.2. The Morgan fingerprint density at radius 1 is 1.44 bits per heavy atom. The summed E-state index contributed by atoms with van der Waals surface area (Å²) in [5.74, 6) is 1.34. The quantitative estimate of drug-likeness (QED) is 0.739. The minimum Gasteiger partial charge on any atom is -0.295 e. The number of benzene rings is 1. The van der Waals surface area contributed by atoms with Crippen LogP contribution >= 0.6 is 11.8 Å². The molecule has 0 bridgehead atoms. The van der Waals surface area contributed by atoms with Crippen LogP contribution in [-0.4, -0.2) is 17.8 Å². The van der Waals surface area contributed by atoms with Crippen LogP contribution in [0.5, 0.6) is 0 Å². The molecule has 16 heavy (non-hydrogen) atoms. The van der Waals surface area contributed by atoms with E-state index in [2.05, 4.69) is 18.4 Å². The van der Waals surface area contributed by atoms with E-state index in [4.69, 9.17) is 0 Å². The maximum absolute atomic E-state index is 11.4. The monoisotopic (exact) mass is 234 g/mol. The molecule has 0 saturated heterocycles. The van der Waals surface area contributed by atoms with Gasteiger partial charge in [-0.1, -0.05) is 24.6 Å². The van der Waals surface area contributed by atoms with Crippen molar-refractivity contribution >= 4 is 17.5 Å². The summed E-state index contributed by atoms with van der Waals surface area (Å²) in [5, 5.41) is 0. The first kappa shape index (κ1) is 11.7. The van der Waals surface area contributed by atoms with Gasteiger partial charge >= 0.3 is 0 Å². The van der Waals surface area contributed by atoms with Gasteiger partial charge in [0.05, 0.1) is 0 Å². The summed E-state index contributed by atoms with van der Waals surface area (Å²) in [6.07, 6.45) is 6.03. The van der Waals surface area contributed by atoms with Crippen molar-refractivity contribution in [2.24, 2.45) is 0 Å². The third-order valence-corrected chi connectivity index (χ3v) is 4.45. The number of ketones is 1. The molecular formula is C14H18OS. The zero-order valence-corrected chi connectivity index (χ0v) is 10.8. The molecule has 1 fully saturated rings. The molecule has 1 aliphatic rings. The Kier molecular flexibility index (Phi) is 3.38. The molecule has 0 aliphatic heterocycles. The van der Waals surface area contributed by atoms with Gasteiger partial charge in [0.15, 0.2) is 5.78 Å². The van der Waals surface area contributed by atoms with Crippen LogP contribution in [0.1, 0.15) is 42.1 Å². The van der Waals surface area contributed by atoms with Crippen molar-refractivity contribution in [1.82, 2.24) is 0 Å². The van der Waals surface area contributed by atoms with Crippen LogP contribution in [0.15, 0.2) is 24.3 Å². The molecule has 1 saturated carbocycles. The van der Waals surface area contributed by atoms with E-state index in [1.54, 1.807) is 6.92 Å². The van der Waals surface area contributed by atoms with E-state index in [-0.39, 0.29) is 5.78 Å². The molecule has 0 N–H and O–H groups in total. The van der Waals surface area contributed by atoms with Crippen molar-refractivity contribution in [2.45, 2.75) is 31.6 Å². The number of hydrogen-bond donors (Lipinski definition) is 0. The summed E-state index contributed by atoms with van der Waals surface area (Å²) in [6.45, 7) is 1.64. The molecule has 0 amide bonds. The van der Waals surface area contributed by atoms with Crippen molar-refractivity contribution in [2.75, 3.05) is 12.0 Å². The standard InChI is InChI=1S/C14H18OS/c1-11(15)12-5-3-6-13(9-12)14(10-16-2)7-4-8-14/h3,5-6,9H,4,7-8,10H2,1-2H3. The molecule has 2 rings (SSSR count). The Bertz CT molecular complexity index is 393. The molecule has 1 aromatic carbocycles. The van der Waals surface area contributed by atoms with E-state index in [9.17, 15) is 4.79 Å². The average Bonchev–Trinajstić information content (AvgIpc) is 2.23. The fourth-order valence-corrected chi connectivity index (χ4v) is 3.47. The molecule has 0 atom stereocenters. The summed E-state index contributed by atoms with van der Waals surface area (Å²) < 4.78 is 0. The predicted molar refractivity (Wildman–Crippen MR) is 70.4 cm³/mol. The summed E-state index contributed by atoms with van der Waals surface area (Å²) >= 11 is 1.91. The average molecular weight is 234 g/mol. The van der Waals surface area contributed by atoms with Crippen LogP contribution in [0.3, 0.4) is 0 Å². The van der Waals surface area contributed by atoms with Crippen LogP contribution in [0, 0.1) is 0 Å². The molecule has 2 heteroatoms. The summed E-state index contributed by atoms with van der Waals surface area (Å²) in [7, 11) is 0. The molecule has 1 nitrogen and oxygen atoms in total. The molecular weight excluding hydrogens is 216 g/mol. The summed E-state index contributed by atoms with van der Waals surface area (Å²) in [6, 6.07) is 8.21. The molecule has 1 aliphatic carbocycles. The molecule has 0 heterocycles. The lowest BCUT2D eigenvalue weighted by Crippen LogP contribution is -2.36. The van der Waals surface area contributed by atoms with Crippen LogP contribution in [0.25, 0.3) is 0 Å². The Balaban J connectivity index is 2.31. The van der Waals surface area contributed by atoms with Gasteiger partial charge in [-0.2, -0.15) is 11.8 Å². The van der Waals surface area contributed by atoms with Gasteiger partial charge in [-0.3, -0.25) is 4.79 Å². The molecule has 1 aromatic rings. The zero-order valence-electron chi connectivity index (χ0n) is 9.95. The van der Waals surface area contributed by atoms with E-state index in [1.165, 1.54) is 30.6 Å². The maximum atomic E-state index is 11.4. The topological polar surface area (TPSA) is 17.1 Å². The van der Waals surface area contributed by atoms with E-state index >= 15 is 0 Å². The van der Waals surface area contributed by atoms with Gasteiger partial charge in [-0.25, -0.2) is 0 Å². The Hall–Kier alpha value is -0.760. The van der Waals surface area contributed by atoms with Crippen LogP contribution < -0.4 is 0 Å². The Morgan fingerprint density at radius 3 is 2.69 bits per heavy atom. The fraction of sp³-hybridized carbons (Fsp3) is 0.500. The van der Waals surface area contributed by atoms with Crippen LogP contribution in [0.4, 0.5) is 0 Å². The second-order valence-electron chi connectivity index (χ2n) is 4.70. The van der Waals surface area contributed by atoms with E-state index < -0.39 is 0 Å². The lowest BCUT2D eigenvalue weighted by atomic mass is 9.65.